The number of carbonyl (C=O) groups excluding carboxylic acids is 2. The predicted molar refractivity (Wildman–Crippen MR) is 96.2 cm³/mol. The van der Waals surface area contributed by atoms with E-state index in [9.17, 15) is 9.59 Å². The number of methoxy groups -OCH3 is 1. The van der Waals surface area contributed by atoms with Crippen LogP contribution in [0.1, 0.15) is 18.9 Å². The first-order valence-electron chi connectivity index (χ1n) is 7.24. The van der Waals surface area contributed by atoms with Crippen molar-refractivity contribution >= 4 is 18.0 Å². The zero-order valence-corrected chi connectivity index (χ0v) is 14.4. The van der Waals surface area contributed by atoms with Crippen LogP contribution in [-0.4, -0.2) is 37.4 Å². The monoisotopic (exact) mass is 334 g/mol. The summed E-state index contributed by atoms with van der Waals surface area (Å²) in [6, 6.07) is 10.0. The first-order chi connectivity index (χ1) is 11.4. The summed E-state index contributed by atoms with van der Waals surface area (Å²) in [4.78, 5) is 20.5. The van der Waals surface area contributed by atoms with Crippen molar-refractivity contribution in [1.82, 2.24) is 0 Å². The van der Waals surface area contributed by atoms with Gasteiger partial charge in [-0.3, -0.25) is 0 Å². The Morgan fingerprint density at radius 3 is 2.08 bits per heavy atom. The first kappa shape index (κ1) is 23.6. The normalized spacial score (nSPS) is 8.29. The van der Waals surface area contributed by atoms with E-state index in [1.54, 1.807) is 6.92 Å². The molecule has 1 N–H and O–H groups in total. The third-order valence-corrected chi connectivity index (χ3v) is 2.28. The van der Waals surface area contributed by atoms with Gasteiger partial charge in [0, 0.05) is 24.7 Å². The van der Waals surface area contributed by atoms with Gasteiger partial charge in [0.25, 0.3) is 0 Å². The molecule has 24 heavy (non-hydrogen) atoms. The predicted octanol–water partition coefficient (Wildman–Crippen LogP) is 3.16. The van der Waals surface area contributed by atoms with Gasteiger partial charge in [0.05, 0.1) is 13.7 Å². The zero-order valence-electron chi connectivity index (χ0n) is 14.4. The van der Waals surface area contributed by atoms with E-state index in [2.05, 4.69) is 29.2 Å². The summed E-state index contributed by atoms with van der Waals surface area (Å²) in [5.41, 5.74) is 1.61. The number of rotatable bonds is 6. The number of hydrogen-bond donors (Lipinski definition) is 1. The molecule has 0 aliphatic carbocycles. The Morgan fingerprint density at radius 2 is 1.79 bits per heavy atom. The Labute approximate surface area is 143 Å². The fourth-order valence-electron chi connectivity index (χ4n) is 1.06. The molecule has 0 heterocycles. The second-order valence-corrected chi connectivity index (χ2v) is 4.34. The lowest BCUT2D eigenvalue weighted by molar-refractivity contribution is -0.138. The van der Waals surface area contributed by atoms with Crippen LogP contribution in [0.15, 0.2) is 61.7 Å². The molecule has 1 aromatic rings. The third kappa shape index (κ3) is 15.7. The Kier molecular flexibility index (Phi) is 16.4. The van der Waals surface area contributed by atoms with Crippen LogP contribution in [0.3, 0.4) is 0 Å². The molecular weight excluding hydrogens is 308 g/mol. The van der Waals surface area contributed by atoms with Crippen LogP contribution in [0.4, 0.5) is 0 Å². The van der Waals surface area contributed by atoms with Crippen molar-refractivity contribution < 1.29 is 24.2 Å². The Hall–Kier alpha value is -2.66. The van der Waals surface area contributed by atoms with E-state index >= 15 is 0 Å². The topological polar surface area (TPSA) is 72.8 Å². The van der Waals surface area contributed by atoms with Gasteiger partial charge in [0.1, 0.15) is 0 Å². The van der Waals surface area contributed by atoms with Crippen molar-refractivity contribution in [3.8, 4) is 0 Å². The van der Waals surface area contributed by atoms with Crippen molar-refractivity contribution in [1.29, 1.82) is 0 Å². The SMILES string of the molecule is C=C(C)C(=O)OC.C=CC(=O)OCCCO.C=Cc1ccccc1. The van der Waals surface area contributed by atoms with Gasteiger partial charge in [-0.15, -0.1) is 0 Å². The number of benzene rings is 1. The summed E-state index contributed by atoms with van der Waals surface area (Å²) in [6.45, 7) is 12.1. The molecule has 0 saturated carbocycles. The number of aliphatic hydroxyl groups excluding tert-OH is 1. The maximum atomic E-state index is 10.3. The number of esters is 2. The van der Waals surface area contributed by atoms with Crippen molar-refractivity contribution in [2.24, 2.45) is 0 Å². The highest BCUT2D eigenvalue weighted by molar-refractivity contribution is 5.86. The van der Waals surface area contributed by atoms with E-state index in [0.717, 1.165) is 6.08 Å². The second kappa shape index (κ2) is 16.7. The van der Waals surface area contributed by atoms with Gasteiger partial charge in [-0.25, -0.2) is 9.59 Å². The molecule has 1 aromatic carbocycles. The van der Waals surface area contributed by atoms with E-state index in [0.29, 0.717) is 12.0 Å². The molecule has 0 spiro atoms. The molecule has 0 aliphatic rings. The number of hydrogen-bond acceptors (Lipinski definition) is 5. The van der Waals surface area contributed by atoms with Crippen LogP contribution in [0.5, 0.6) is 0 Å². The number of carbonyl (C=O) groups is 2. The highest BCUT2D eigenvalue weighted by Gasteiger charge is 1.95. The van der Waals surface area contributed by atoms with Crippen LogP contribution in [0, 0.1) is 0 Å². The van der Waals surface area contributed by atoms with Crippen LogP contribution < -0.4 is 0 Å². The molecule has 0 atom stereocenters. The molecule has 1 rings (SSSR count). The summed E-state index contributed by atoms with van der Waals surface area (Å²) in [7, 11) is 1.33. The van der Waals surface area contributed by atoms with Gasteiger partial charge >= 0.3 is 11.9 Å². The zero-order chi connectivity index (χ0) is 18.8. The second-order valence-electron chi connectivity index (χ2n) is 4.34. The first-order valence-corrected chi connectivity index (χ1v) is 7.24. The van der Waals surface area contributed by atoms with Crippen LogP contribution in [-0.2, 0) is 19.1 Å². The molecule has 5 nitrogen and oxygen atoms in total. The fraction of sp³-hybridized carbons (Fsp3) is 0.263. The minimum atomic E-state index is -0.441. The Morgan fingerprint density at radius 1 is 1.21 bits per heavy atom. The molecule has 0 aliphatic heterocycles. The quantitative estimate of drug-likeness (QED) is 0.491. The fourth-order valence-corrected chi connectivity index (χ4v) is 1.06. The summed E-state index contributed by atoms with van der Waals surface area (Å²) >= 11 is 0. The third-order valence-electron chi connectivity index (χ3n) is 2.28. The molecule has 132 valence electrons. The molecule has 0 fully saturated rings. The molecule has 0 radical (unpaired) electrons. The van der Waals surface area contributed by atoms with Gasteiger partial charge in [-0.1, -0.05) is 56.1 Å². The number of aliphatic hydroxyl groups is 1. The standard InChI is InChI=1S/C8H8.C6H10O3.C5H8O2/c1-2-8-6-4-3-5-7-8;1-2-6(8)9-5-3-4-7;1-4(2)5(6)7-3/h2-7H,1H2;2,7H,1,3-5H2;1H2,2-3H3. The lowest BCUT2D eigenvalue weighted by atomic mass is 10.2. The van der Waals surface area contributed by atoms with E-state index in [4.69, 9.17) is 5.11 Å². The van der Waals surface area contributed by atoms with E-state index in [-0.39, 0.29) is 19.2 Å². The van der Waals surface area contributed by atoms with Crippen molar-refractivity contribution in [2.45, 2.75) is 13.3 Å². The molecule has 0 unspecified atom stereocenters. The summed E-state index contributed by atoms with van der Waals surface area (Å²) < 4.78 is 8.79. The maximum absolute atomic E-state index is 10.3. The van der Waals surface area contributed by atoms with E-state index in [1.807, 2.05) is 36.4 Å². The lowest BCUT2D eigenvalue weighted by Crippen LogP contribution is -2.02. The number of ether oxygens (including phenoxy) is 2. The average Bonchev–Trinajstić information content (AvgIpc) is 2.62. The van der Waals surface area contributed by atoms with Crippen LogP contribution in [0.25, 0.3) is 6.08 Å². The minimum absolute atomic E-state index is 0.0461. The van der Waals surface area contributed by atoms with Gasteiger partial charge in [0.15, 0.2) is 0 Å². The van der Waals surface area contributed by atoms with Crippen LogP contribution >= 0.6 is 0 Å². The van der Waals surface area contributed by atoms with Crippen LogP contribution in [0.2, 0.25) is 0 Å². The van der Waals surface area contributed by atoms with Crippen molar-refractivity contribution in [2.75, 3.05) is 20.3 Å². The highest BCUT2D eigenvalue weighted by Crippen LogP contribution is 1.97. The van der Waals surface area contributed by atoms with Gasteiger partial charge < -0.3 is 14.6 Å². The lowest BCUT2D eigenvalue weighted by Gasteiger charge is -1.96. The van der Waals surface area contributed by atoms with E-state index < -0.39 is 5.97 Å². The minimum Gasteiger partial charge on any atom is -0.466 e. The van der Waals surface area contributed by atoms with Gasteiger partial charge in [0.2, 0.25) is 0 Å². The molecule has 0 amide bonds. The van der Waals surface area contributed by atoms with Gasteiger partial charge in [-0.05, 0) is 12.5 Å². The molecular formula is C19H26O5. The smallest absolute Gasteiger partial charge is 0.332 e. The highest BCUT2D eigenvalue weighted by atomic mass is 16.5. The summed E-state index contributed by atoms with van der Waals surface area (Å²) in [5, 5.41) is 8.23. The van der Waals surface area contributed by atoms with Gasteiger partial charge in [-0.2, -0.15) is 0 Å². The summed E-state index contributed by atoms with van der Waals surface area (Å²) in [5.74, 6) is -0.788. The molecule has 0 bridgehead atoms. The maximum Gasteiger partial charge on any atom is 0.332 e. The molecule has 0 aromatic heterocycles. The Balaban J connectivity index is 0. The average molecular weight is 334 g/mol. The van der Waals surface area contributed by atoms with E-state index in [1.165, 1.54) is 12.7 Å². The summed E-state index contributed by atoms with van der Waals surface area (Å²) in [6.07, 6.45) is 3.41. The largest absolute Gasteiger partial charge is 0.466 e. The molecule has 0 saturated heterocycles. The van der Waals surface area contributed by atoms with Crippen molar-refractivity contribution in [3.05, 3.63) is 67.3 Å². The Bertz CT molecular complexity index is 506. The molecule has 5 heteroatoms. The van der Waals surface area contributed by atoms with Crippen molar-refractivity contribution in [3.63, 3.8) is 0 Å².